The van der Waals surface area contributed by atoms with Gasteiger partial charge in [-0.2, -0.15) is 15.0 Å². The number of hydrogen-bond acceptors (Lipinski definition) is 8. The molecular formula is C25H33N7S. The predicted molar refractivity (Wildman–Crippen MR) is 143 cm³/mol. The normalized spacial score (nSPS) is 11.6. The summed E-state index contributed by atoms with van der Waals surface area (Å²) in [5, 5.41) is 3.35. The third-order valence-corrected chi connectivity index (χ3v) is 6.64. The summed E-state index contributed by atoms with van der Waals surface area (Å²) in [6.45, 7) is 12.1. The number of aliphatic imine (C=N–C) groups is 1. The first-order valence-electron chi connectivity index (χ1n) is 11.3. The highest BCUT2D eigenvalue weighted by molar-refractivity contribution is 7.16. The van der Waals surface area contributed by atoms with Crippen molar-refractivity contribution < 1.29 is 0 Å². The summed E-state index contributed by atoms with van der Waals surface area (Å²) in [5.74, 6) is 1.19. The van der Waals surface area contributed by atoms with Crippen molar-refractivity contribution in [3.63, 3.8) is 0 Å². The van der Waals surface area contributed by atoms with Gasteiger partial charge in [-0.25, -0.2) is 0 Å². The molecule has 0 atom stereocenters. The molecule has 33 heavy (non-hydrogen) atoms. The molecule has 7 nitrogen and oxygen atoms in total. The third-order valence-electron chi connectivity index (χ3n) is 5.47. The molecule has 0 spiro atoms. The van der Waals surface area contributed by atoms with Gasteiger partial charge in [-0.15, -0.1) is 11.3 Å². The summed E-state index contributed by atoms with van der Waals surface area (Å²) < 4.78 is 0. The first kappa shape index (κ1) is 24.4. The molecule has 0 fully saturated rings. The first-order valence-corrected chi connectivity index (χ1v) is 12.1. The van der Waals surface area contributed by atoms with Crippen molar-refractivity contribution in [2.24, 2.45) is 4.99 Å². The molecule has 0 unspecified atom stereocenters. The Morgan fingerprint density at radius 1 is 1.12 bits per heavy atom. The van der Waals surface area contributed by atoms with E-state index in [1.165, 1.54) is 20.9 Å². The largest absolute Gasteiger partial charge is 0.368 e. The fourth-order valence-electron chi connectivity index (χ4n) is 3.70. The molecule has 0 aliphatic carbocycles. The standard InChI is InChI=1S/C25H33N7S/c1-7-11-21-17(8-2)13-22(33-21)20-14-19(12-18(15-27-6)16(20)5)28-24-29-23(26)30-25(31-24)32(9-3)10-4/h7,11-15H,8-10H2,1-6H3,(H3,26,28,29,30,31)/b11-7-,27-15?. The van der Waals surface area contributed by atoms with E-state index in [1.807, 2.05) is 11.1 Å². The van der Waals surface area contributed by atoms with Crippen LogP contribution >= 0.6 is 11.3 Å². The predicted octanol–water partition coefficient (Wildman–Crippen LogP) is 5.72. The van der Waals surface area contributed by atoms with Crippen molar-refractivity contribution in [3.05, 3.63) is 45.8 Å². The van der Waals surface area contributed by atoms with E-state index in [9.17, 15) is 0 Å². The fraction of sp³-hybridized carbons (Fsp3) is 0.360. The van der Waals surface area contributed by atoms with Crippen LogP contribution in [0.5, 0.6) is 0 Å². The van der Waals surface area contributed by atoms with Gasteiger partial charge in [0.2, 0.25) is 17.8 Å². The maximum Gasteiger partial charge on any atom is 0.233 e. The monoisotopic (exact) mass is 463 g/mol. The highest BCUT2D eigenvalue weighted by Gasteiger charge is 2.15. The van der Waals surface area contributed by atoms with E-state index in [0.29, 0.717) is 11.9 Å². The van der Waals surface area contributed by atoms with Crippen molar-refractivity contribution >= 4 is 47.2 Å². The molecule has 1 aromatic carbocycles. The smallest absolute Gasteiger partial charge is 0.233 e. The molecule has 0 saturated carbocycles. The molecule has 2 aromatic heterocycles. The van der Waals surface area contributed by atoms with Crippen LogP contribution in [0.2, 0.25) is 0 Å². The first-order chi connectivity index (χ1) is 15.9. The Bertz CT molecular complexity index is 1160. The van der Waals surface area contributed by atoms with Crippen LogP contribution in [0.3, 0.4) is 0 Å². The second kappa shape index (κ2) is 11.0. The zero-order chi connectivity index (χ0) is 24.0. The van der Waals surface area contributed by atoms with Crippen LogP contribution in [0.15, 0.2) is 29.3 Å². The molecule has 3 N–H and O–H groups in total. The fourth-order valence-corrected chi connectivity index (χ4v) is 4.99. The lowest BCUT2D eigenvalue weighted by molar-refractivity contribution is 0.816. The van der Waals surface area contributed by atoms with Gasteiger partial charge in [-0.05, 0) is 80.6 Å². The number of allylic oxidation sites excluding steroid dienone is 1. The Labute approximate surface area is 200 Å². The van der Waals surface area contributed by atoms with Gasteiger partial charge < -0.3 is 16.0 Å². The van der Waals surface area contributed by atoms with Gasteiger partial charge >= 0.3 is 0 Å². The van der Waals surface area contributed by atoms with E-state index in [2.05, 4.69) is 90.2 Å². The van der Waals surface area contributed by atoms with Gasteiger partial charge in [-0.1, -0.05) is 13.0 Å². The molecule has 3 aromatic rings. The van der Waals surface area contributed by atoms with Crippen LogP contribution in [0, 0.1) is 6.92 Å². The number of nitrogens with two attached hydrogens (primary N) is 1. The number of anilines is 4. The Hall–Kier alpha value is -3.26. The van der Waals surface area contributed by atoms with Gasteiger partial charge in [-0.3, -0.25) is 4.99 Å². The lowest BCUT2D eigenvalue weighted by atomic mass is 9.99. The molecule has 0 saturated heterocycles. The summed E-state index contributed by atoms with van der Waals surface area (Å²) in [6.07, 6.45) is 7.15. The summed E-state index contributed by atoms with van der Waals surface area (Å²) >= 11 is 1.81. The van der Waals surface area contributed by atoms with Crippen molar-refractivity contribution in [3.8, 4) is 10.4 Å². The van der Waals surface area contributed by atoms with E-state index < -0.39 is 0 Å². The average molecular weight is 464 g/mol. The zero-order valence-electron chi connectivity index (χ0n) is 20.3. The van der Waals surface area contributed by atoms with Gasteiger partial charge in [0.15, 0.2) is 0 Å². The molecule has 0 aliphatic heterocycles. The minimum Gasteiger partial charge on any atom is -0.368 e. The lowest BCUT2D eigenvalue weighted by Crippen LogP contribution is -2.25. The molecular weight excluding hydrogens is 430 g/mol. The summed E-state index contributed by atoms with van der Waals surface area (Å²) in [5.41, 5.74) is 11.6. The lowest BCUT2D eigenvalue weighted by Gasteiger charge is -2.19. The van der Waals surface area contributed by atoms with Gasteiger partial charge in [0, 0.05) is 41.8 Å². The highest BCUT2D eigenvalue weighted by atomic mass is 32.1. The topological polar surface area (TPSA) is 92.3 Å². The van der Waals surface area contributed by atoms with Crippen molar-refractivity contribution in [2.45, 2.75) is 41.0 Å². The minimum atomic E-state index is 0.193. The van der Waals surface area contributed by atoms with Crippen LogP contribution in [0.4, 0.5) is 23.5 Å². The Morgan fingerprint density at radius 2 is 1.88 bits per heavy atom. The average Bonchev–Trinajstić information content (AvgIpc) is 3.19. The number of thiophene rings is 1. The quantitative estimate of drug-likeness (QED) is 0.394. The van der Waals surface area contributed by atoms with Gasteiger partial charge in [0.25, 0.3) is 0 Å². The summed E-state index contributed by atoms with van der Waals surface area (Å²) in [7, 11) is 1.78. The summed E-state index contributed by atoms with van der Waals surface area (Å²) in [6, 6.07) is 6.49. The van der Waals surface area contributed by atoms with Crippen LogP contribution < -0.4 is 16.0 Å². The van der Waals surface area contributed by atoms with Crippen molar-refractivity contribution in [2.75, 3.05) is 36.1 Å². The second-order valence-electron chi connectivity index (χ2n) is 7.59. The molecule has 2 heterocycles. The van der Waals surface area contributed by atoms with E-state index in [4.69, 9.17) is 5.73 Å². The number of aromatic nitrogens is 3. The van der Waals surface area contributed by atoms with Crippen LogP contribution in [-0.2, 0) is 6.42 Å². The zero-order valence-corrected chi connectivity index (χ0v) is 21.1. The maximum absolute atomic E-state index is 5.99. The van der Waals surface area contributed by atoms with E-state index in [0.717, 1.165) is 36.3 Å². The summed E-state index contributed by atoms with van der Waals surface area (Å²) in [4.78, 5) is 22.0. The molecule has 174 valence electrons. The maximum atomic E-state index is 5.99. The number of nitrogens with zero attached hydrogens (tertiary/aromatic N) is 5. The van der Waals surface area contributed by atoms with Crippen LogP contribution in [-0.4, -0.2) is 41.3 Å². The molecule has 8 heteroatoms. The SMILES string of the molecule is C/C=C\c1sc(-c2cc(Nc3nc(N)nc(N(CC)CC)n3)cc(C=NC)c2C)cc1CC. The highest BCUT2D eigenvalue weighted by Crippen LogP contribution is 2.37. The van der Waals surface area contributed by atoms with E-state index >= 15 is 0 Å². The molecule has 0 radical (unpaired) electrons. The number of aryl methyl sites for hydroxylation is 1. The second-order valence-corrected chi connectivity index (χ2v) is 8.68. The Balaban J connectivity index is 2.09. The Morgan fingerprint density at radius 3 is 2.52 bits per heavy atom. The van der Waals surface area contributed by atoms with Gasteiger partial charge in [0.1, 0.15) is 0 Å². The molecule has 0 amide bonds. The van der Waals surface area contributed by atoms with Gasteiger partial charge in [0.05, 0.1) is 0 Å². The van der Waals surface area contributed by atoms with Crippen LogP contribution in [0.1, 0.15) is 49.3 Å². The molecule has 0 aliphatic rings. The number of nitrogens with one attached hydrogen (secondary N) is 1. The molecule has 0 bridgehead atoms. The number of rotatable bonds is 9. The third kappa shape index (κ3) is 5.57. The van der Waals surface area contributed by atoms with E-state index in [-0.39, 0.29) is 5.95 Å². The van der Waals surface area contributed by atoms with Crippen LogP contribution in [0.25, 0.3) is 16.5 Å². The number of nitrogen functional groups attached to an aromatic ring is 1. The van der Waals surface area contributed by atoms with E-state index in [1.54, 1.807) is 18.4 Å². The van der Waals surface area contributed by atoms with Crippen molar-refractivity contribution in [1.82, 2.24) is 15.0 Å². The number of hydrogen-bond donors (Lipinski definition) is 2. The molecule has 3 rings (SSSR count). The van der Waals surface area contributed by atoms with Crippen molar-refractivity contribution in [1.29, 1.82) is 0 Å². The number of benzene rings is 1. The minimum absolute atomic E-state index is 0.193. The Kier molecular flexibility index (Phi) is 8.16.